The van der Waals surface area contributed by atoms with E-state index >= 15 is 0 Å². The second kappa shape index (κ2) is 7.12. The fourth-order valence-corrected chi connectivity index (χ4v) is 3.64. The zero-order valence-electron chi connectivity index (χ0n) is 14.4. The van der Waals surface area contributed by atoms with Gasteiger partial charge in [-0.2, -0.15) is 0 Å². The molecule has 0 bridgehead atoms. The van der Waals surface area contributed by atoms with E-state index in [1.54, 1.807) is 12.1 Å². The van der Waals surface area contributed by atoms with Crippen LogP contribution in [0.15, 0.2) is 78.9 Å². The monoisotopic (exact) mass is 345 g/mol. The first kappa shape index (κ1) is 16.5. The van der Waals surface area contributed by atoms with Gasteiger partial charge in [0.1, 0.15) is 5.82 Å². The van der Waals surface area contributed by atoms with Gasteiger partial charge in [-0.1, -0.05) is 66.7 Å². The van der Waals surface area contributed by atoms with Crippen molar-refractivity contribution in [2.75, 3.05) is 6.54 Å². The van der Waals surface area contributed by atoms with Crippen LogP contribution >= 0.6 is 0 Å². The quantitative estimate of drug-likeness (QED) is 0.720. The summed E-state index contributed by atoms with van der Waals surface area (Å²) in [4.78, 5) is 12.3. The smallest absolute Gasteiger partial charge is 0.227 e. The van der Waals surface area contributed by atoms with Gasteiger partial charge in [0.05, 0.1) is 5.92 Å². The summed E-state index contributed by atoms with van der Waals surface area (Å²) in [6, 6.07) is 25.1. The third-order valence-electron chi connectivity index (χ3n) is 5.12. The van der Waals surface area contributed by atoms with Crippen LogP contribution in [-0.4, -0.2) is 12.5 Å². The molecule has 0 spiro atoms. The minimum absolute atomic E-state index is 0.0220. The Morgan fingerprint density at radius 2 is 1.38 bits per heavy atom. The van der Waals surface area contributed by atoms with Gasteiger partial charge in [0, 0.05) is 12.5 Å². The summed E-state index contributed by atoms with van der Waals surface area (Å²) in [6.45, 7) is 0.640. The number of benzene rings is 3. The van der Waals surface area contributed by atoms with Gasteiger partial charge in [0.25, 0.3) is 0 Å². The molecule has 4 rings (SSSR count). The molecule has 2 nitrogen and oxygen atoms in total. The maximum atomic E-state index is 13.2. The highest BCUT2D eigenvalue weighted by Gasteiger charge is 2.30. The molecule has 130 valence electrons. The van der Waals surface area contributed by atoms with Crippen LogP contribution < -0.4 is 5.32 Å². The molecule has 3 aromatic carbocycles. The molecule has 2 unspecified atom stereocenters. The molecule has 26 heavy (non-hydrogen) atoms. The molecule has 1 N–H and O–H groups in total. The zero-order valence-corrected chi connectivity index (χ0v) is 14.4. The largest absolute Gasteiger partial charge is 0.355 e. The van der Waals surface area contributed by atoms with Crippen molar-refractivity contribution in [2.45, 2.75) is 18.3 Å². The van der Waals surface area contributed by atoms with Crippen LogP contribution in [-0.2, 0) is 4.79 Å². The summed E-state index contributed by atoms with van der Waals surface area (Å²) in [7, 11) is 0. The highest BCUT2D eigenvalue weighted by molar-refractivity contribution is 5.84. The van der Waals surface area contributed by atoms with Gasteiger partial charge >= 0.3 is 0 Å². The van der Waals surface area contributed by atoms with Crippen molar-refractivity contribution in [1.29, 1.82) is 0 Å². The van der Waals surface area contributed by atoms with Crippen molar-refractivity contribution < 1.29 is 9.18 Å². The summed E-state index contributed by atoms with van der Waals surface area (Å²) in [5.41, 5.74) is 4.47. The van der Waals surface area contributed by atoms with Gasteiger partial charge < -0.3 is 5.32 Å². The molecule has 1 saturated heterocycles. The van der Waals surface area contributed by atoms with Gasteiger partial charge in [-0.3, -0.25) is 4.79 Å². The van der Waals surface area contributed by atoms with Crippen molar-refractivity contribution >= 4 is 5.91 Å². The fourth-order valence-electron chi connectivity index (χ4n) is 3.64. The second-order valence-corrected chi connectivity index (χ2v) is 6.77. The molecular formula is C23H20FNO. The van der Waals surface area contributed by atoms with Crippen LogP contribution in [0.3, 0.4) is 0 Å². The standard InChI is InChI=1S/C23H20FNO/c24-21-12-10-19(11-13-21)22-14-20(15-25-23(22)26)18-8-6-17(7-9-18)16-4-2-1-3-5-16/h1-13,20,22H,14-15H2,(H,25,26). The maximum Gasteiger partial charge on any atom is 0.227 e. The van der Waals surface area contributed by atoms with Crippen molar-refractivity contribution in [2.24, 2.45) is 0 Å². The van der Waals surface area contributed by atoms with E-state index in [1.165, 1.54) is 28.8 Å². The fraction of sp³-hybridized carbons (Fsp3) is 0.174. The van der Waals surface area contributed by atoms with Crippen molar-refractivity contribution in [3.63, 3.8) is 0 Å². The highest BCUT2D eigenvalue weighted by atomic mass is 19.1. The summed E-state index contributed by atoms with van der Waals surface area (Å²) >= 11 is 0. The Kier molecular flexibility index (Phi) is 4.53. The average molecular weight is 345 g/mol. The lowest BCUT2D eigenvalue weighted by Gasteiger charge is -2.30. The third-order valence-corrected chi connectivity index (χ3v) is 5.12. The molecule has 0 aromatic heterocycles. The van der Waals surface area contributed by atoms with Crippen LogP contribution in [0.4, 0.5) is 4.39 Å². The van der Waals surface area contributed by atoms with E-state index in [4.69, 9.17) is 0 Å². The van der Waals surface area contributed by atoms with E-state index in [0.717, 1.165) is 12.0 Å². The average Bonchev–Trinajstić information content (AvgIpc) is 2.70. The van der Waals surface area contributed by atoms with Crippen molar-refractivity contribution in [1.82, 2.24) is 5.32 Å². The van der Waals surface area contributed by atoms with Gasteiger partial charge in [-0.05, 0) is 40.8 Å². The number of halogens is 1. The van der Waals surface area contributed by atoms with Gasteiger partial charge in [0.15, 0.2) is 0 Å². The first-order valence-corrected chi connectivity index (χ1v) is 8.89. The minimum Gasteiger partial charge on any atom is -0.355 e. The zero-order chi connectivity index (χ0) is 17.9. The SMILES string of the molecule is O=C1NCC(c2ccc(-c3ccccc3)cc2)CC1c1ccc(F)cc1. The molecule has 0 radical (unpaired) electrons. The number of rotatable bonds is 3. The first-order valence-electron chi connectivity index (χ1n) is 8.89. The summed E-state index contributed by atoms with van der Waals surface area (Å²) < 4.78 is 13.2. The molecule has 1 amide bonds. The van der Waals surface area contributed by atoms with Crippen LogP contribution in [0.2, 0.25) is 0 Å². The summed E-state index contributed by atoms with van der Waals surface area (Å²) in [5.74, 6) is -0.234. The predicted molar refractivity (Wildman–Crippen MR) is 101 cm³/mol. The van der Waals surface area contributed by atoms with E-state index in [-0.39, 0.29) is 23.6 Å². The molecule has 1 heterocycles. The topological polar surface area (TPSA) is 29.1 Å². The van der Waals surface area contributed by atoms with E-state index in [0.29, 0.717) is 6.54 Å². The van der Waals surface area contributed by atoms with Gasteiger partial charge in [0.2, 0.25) is 5.91 Å². The molecule has 0 aliphatic carbocycles. The molecular weight excluding hydrogens is 325 g/mol. The Hall–Kier alpha value is -2.94. The minimum atomic E-state index is -0.280. The second-order valence-electron chi connectivity index (χ2n) is 6.77. The Labute approximate surface area is 152 Å². The normalized spacial score (nSPS) is 19.8. The van der Waals surface area contributed by atoms with Gasteiger partial charge in [-0.25, -0.2) is 4.39 Å². The maximum absolute atomic E-state index is 13.2. The van der Waals surface area contributed by atoms with Crippen LogP contribution in [0, 0.1) is 5.82 Å². The Morgan fingerprint density at radius 1 is 0.769 bits per heavy atom. The van der Waals surface area contributed by atoms with E-state index in [2.05, 4.69) is 41.7 Å². The van der Waals surface area contributed by atoms with Gasteiger partial charge in [-0.15, -0.1) is 0 Å². The van der Waals surface area contributed by atoms with Crippen molar-refractivity contribution in [3.05, 3.63) is 95.8 Å². The molecule has 3 heteroatoms. The van der Waals surface area contributed by atoms with E-state index in [1.807, 2.05) is 18.2 Å². The lowest BCUT2D eigenvalue weighted by molar-refractivity contribution is -0.124. The number of nitrogens with one attached hydrogen (secondary N) is 1. The molecule has 3 aromatic rings. The molecule has 1 aliphatic heterocycles. The van der Waals surface area contributed by atoms with E-state index in [9.17, 15) is 9.18 Å². The van der Waals surface area contributed by atoms with Crippen molar-refractivity contribution in [3.8, 4) is 11.1 Å². The molecule has 2 atom stereocenters. The molecule has 1 aliphatic rings. The number of carbonyl (C=O) groups excluding carboxylic acids is 1. The Morgan fingerprint density at radius 3 is 2.08 bits per heavy atom. The lowest BCUT2D eigenvalue weighted by atomic mass is 9.81. The summed E-state index contributed by atoms with van der Waals surface area (Å²) in [6.07, 6.45) is 0.738. The Bertz CT molecular complexity index is 888. The van der Waals surface area contributed by atoms with E-state index < -0.39 is 0 Å². The van der Waals surface area contributed by atoms with Crippen LogP contribution in [0.5, 0.6) is 0 Å². The Balaban J connectivity index is 1.54. The highest BCUT2D eigenvalue weighted by Crippen LogP contribution is 2.34. The number of carbonyl (C=O) groups is 1. The third kappa shape index (κ3) is 3.38. The summed E-state index contributed by atoms with van der Waals surface area (Å²) in [5, 5.41) is 3.01. The lowest BCUT2D eigenvalue weighted by Crippen LogP contribution is -2.39. The number of hydrogen-bond acceptors (Lipinski definition) is 1. The number of piperidine rings is 1. The predicted octanol–water partition coefficient (Wildman–Crippen LogP) is 4.88. The molecule has 0 saturated carbocycles. The number of hydrogen-bond donors (Lipinski definition) is 1. The first-order chi connectivity index (χ1) is 12.7. The molecule has 1 fully saturated rings. The van der Waals surface area contributed by atoms with Crippen LogP contribution in [0.25, 0.3) is 11.1 Å². The van der Waals surface area contributed by atoms with Crippen LogP contribution in [0.1, 0.15) is 29.4 Å². The number of amides is 1.